The lowest BCUT2D eigenvalue weighted by Crippen LogP contribution is -2.31. The minimum atomic E-state index is -0.530. The van der Waals surface area contributed by atoms with Crippen LogP contribution in [-0.2, 0) is 0 Å². The Kier molecular flexibility index (Phi) is 3.60. The first-order valence-electron chi connectivity index (χ1n) is 6.84. The third-order valence-corrected chi connectivity index (χ3v) is 3.44. The van der Waals surface area contributed by atoms with Crippen molar-refractivity contribution in [2.24, 2.45) is 5.92 Å². The SMILES string of the molecule is Cc1ccnc([C@H](NC(=O)c2cncc(F)c2)C2CC2)n1. The number of hydrogen-bond acceptors (Lipinski definition) is 4. The summed E-state index contributed by atoms with van der Waals surface area (Å²) in [6.45, 7) is 1.88. The summed E-state index contributed by atoms with van der Waals surface area (Å²) >= 11 is 0. The zero-order chi connectivity index (χ0) is 14.8. The van der Waals surface area contributed by atoms with Gasteiger partial charge in [-0.1, -0.05) is 0 Å². The molecule has 0 aromatic carbocycles. The monoisotopic (exact) mass is 286 g/mol. The first kappa shape index (κ1) is 13.6. The molecule has 2 aromatic rings. The van der Waals surface area contributed by atoms with Crippen molar-refractivity contribution < 1.29 is 9.18 Å². The number of rotatable bonds is 4. The van der Waals surface area contributed by atoms with E-state index in [0.29, 0.717) is 11.7 Å². The second kappa shape index (κ2) is 5.55. The molecule has 1 amide bonds. The van der Waals surface area contributed by atoms with Crippen LogP contribution < -0.4 is 5.32 Å². The van der Waals surface area contributed by atoms with Gasteiger partial charge in [-0.3, -0.25) is 9.78 Å². The van der Waals surface area contributed by atoms with Crippen molar-refractivity contribution in [3.63, 3.8) is 0 Å². The average Bonchev–Trinajstić information content (AvgIpc) is 3.29. The highest BCUT2D eigenvalue weighted by molar-refractivity contribution is 5.94. The highest BCUT2D eigenvalue weighted by Gasteiger charge is 2.35. The van der Waals surface area contributed by atoms with Crippen LogP contribution in [0, 0.1) is 18.7 Å². The molecule has 0 saturated heterocycles. The van der Waals surface area contributed by atoms with Crippen LogP contribution in [0.1, 0.15) is 40.8 Å². The number of halogens is 1. The fourth-order valence-corrected chi connectivity index (χ4v) is 2.20. The molecule has 1 fully saturated rings. The van der Waals surface area contributed by atoms with E-state index in [1.807, 2.05) is 13.0 Å². The van der Waals surface area contributed by atoms with Crippen LogP contribution in [0.15, 0.2) is 30.7 Å². The van der Waals surface area contributed by atoms with Crippen LogP contribution in [0.3, 0.4) is 0 Å². The van der Waals surface area contributed by atoms with E-state index in [2.05, 4.69) is 20.3 Å². The molecule has 2 aromatic heterocycles. The normalized spacial score (nSPS) is 15.5. The predicted molar refractivity (Wildman–Crippen MR) is 73.9 cm³/mol. The van der Waals surface area contributed by atoms with Crippen molar-refractivity contribution in [1.82, 2.24) is 20.3 Å². The number of hydrogen-bond donors (Lipinski definition) is 1. The van der Waals surface area contributed by atoms with Crippen LogP contribution in [0.5, 0.6) is 0 Å². The second-order valence-corrected chi connectivity index (χ2v) is 5.24. The number of carbonyl (C=O) groups is 1. The summed E-state index contributed by atoms with van der Waals surface area (Å²) in [6.07, 6.45) is 6.16. The molecule has 0 unspecified atom stereocenters. The molecule has 5 nitrogen and oxygen atoms in total. The number of nitrogens with one attached hydrogen (secondary N) is 1. The molecule has 0 spiro atoms. The predicted octanol–water partition coefficient (Wildman–Crippen LogP) is 2.20. The first-order valence-corrected chi connectivity index (χ1v) is 6.84. The fourth-order valence-electron chi connectivity index (χ4n) is 2.20. The van der Waals surface area contributed by atoms with Gasteiger partial charge in [0.05, 0.1) is 17.8 Å². The minimum absolute atomic E-state index is 0.202. The highest BCUT2D eigenvalue weighted by Crippen LogP contribution is 2.40. The molecule has 1 aliphatic carbocycles. The lowest BCUT2D eigenvalue weighted by Gasteiger charge is -2.17. The van der Waals surface area contributed by atoms with E-state index in [-0.39, 0.29) is 17.5 Å². The summed E-state index contributed by atoms with van der Waals surface area (Å²) in [6, 6.07) is 2.75. The van der Waals surface area contributed by atoms with Crippen LogP contribution in [-0.4, -0.2) is 20.9 Å². The smallest absolute Gasteiger partial charge is 0.253 e. The zero-order valence-corrected chi connectivity index (χ0v) is 11.6. The molecule has 1 saturated carbocycles. The molecule has 0 aliphatic heterocycles. The second-order valence-electron chi connectivity index (χ2n) is 5.24. The minimum Gasteiger partial charge on any atom is -0.342 e. The van der Waals surface area contributed by atoms with Crippen molar-refractivity contribution >= 4 is 5.91 Å². The Hall–Kier alpha value is -2.37. The van der Waals surface area contributed by atoms with E-state index in [4.69, 9.17) is 0 Å². The average molecular weight is 286 g/mol. The summed E-state index contributed by atoms with van der Waals surface area (Å²) in [4.78, 5) is 24.6. The largest absolute Gasteiger partial charge is 0.342 e. The van der Waals surface area contributed by atoms with Crippen LogP contribution in [0.4, 0.5) is 4.39 Å². The number of amides is 1. The summed E-state index contributed by atoms with van der Waals surface area (Å²) in [5.41, 5.74) is 1.06. The zero-order valence-electron chi connectivity index (χ0n) is 11.6. The molecular weight excluding hydrogens is 271 g/mol. The Labute approximate surface area is 121 Å². The highest BCUT2D eigenvalue weighted by atomic mass is 19.1. The van der Waals surface area contributed by atoms with E-state index in [1.54, 1.807) is 6.20 Å². The Bertz CT molecular complexity index is 672. The molecule has 21 heavy (non-hydrogen) atoms. The third-order valence-electron chi connectivity index (χ3n) is 3.44. The van der Waals surface area contributed by atoms with Gasteiger partial charge in [-0.05, 0) is 37.8 Å². The van der Waals surface area contributed by atoms with Gasteiger partial charge in [0, 0.05) is 18.1 Å². The maximum atomic E-state index is 13.1. The van der Waals surface area contributed by atoms with E-state index in [9.17, 15) is 9.18 Å². The van der Waals surface area contributed by atoms with Crippen molar-refractivity contribution in [2.75, 3.05) is 0 Å². The summed E-state index contributed by atoms with van der Waals surface area (Å²) < 4.78 is 13.1. The van der Waals surface area contributed by atoms with Crippen molar-refractivity contribution in [3.8, 4) is 0 Å². The molecule has 0 bridgehead atoms. The molecule has 108 valence electrons. The van der Waals surface area contributed by atoms with Gasteiger partial charge in [0.2, 0.25) is 0 Å². The van der Waals surface area contributed by atoms with E-state index in [0.717, 1.165) is 24.7 Å². The topological polar surface area (TPSA) is 67.8 Å². The summed E-state index contributed by atoms with van der Waals surface area (Å²) in [7, 11) is 0. The molecule has 6 heteroatoms. The van der Waals surface area contributed by atoms with Crippen molar-refractivity contribution in [1.29, 1.82) is 0 Å². The van der Waals surface area contributed by atoms with Gasteiger partial charge in [0.15, 0.2) is 5.82 Å². The molecule has 1 aliphatic rings. The Morgan fingerprint density at radius 1 is 1.43 bits per heavy atom. The van der Waals surface area contributed by atoms with Gasteiger partial charge in [-0.25, -0.2) is 14.4 Å². The van der Waals surface area contributed by atoms with Crippen LogP contribution >= 0.6 is 0 Å². The quantitative estimate of drug-likeness (QED) is 0.935. The standard InChI is InChI=1S/C15H15FN4O/c1-9-4-5-18-14(19-9)13(10-2-3-10)20-15(21)11-6-12(16)8-17-7-11/h4-8,10,13H,2-3H2,1H3,(H,20,21)/t13-/m1/s1. The third kappa shape index (κ3) is 3.21. The molecule has 2 heterocycles. The fraction of sp³-hybridized carbons (Fsp3) is 0.333. The Morgan fingerprint density at radius 3 is 2.90 bits per heavy atom. The Balaban J connectivity index is 1.81. The van der Waals surface area contributed by atoms with Gasteiger partial charge in [0.25, 0.3) is 5.91 Å². The van der Waals surface area contributed by atoms with Crippen LogP contribution in [0.25, 0.3) is 0 Å². The van der Waals surface area contributed by atoms with E-state index < -0.39 is 5.82 Å². The molecule has 1 N–H and O–H groups in total. The van der Waals surface area contributed by atoms with Gasteiger partial charge < -0.3 is 5.32 Å². The summed E-state index contributed by atoms with van der Waals surface area (Å²) in [5.74, 6) is 0.0638. The molecule has 3 rings (SSSR count). The number of aryl methyl sites for hydroxylation is 1. The van der Waals surface area contributed by atoms with Crippen molar-refractivity contribution in [2.45, 2.75) is 25.8 Å². The molecule has 1 atom stereocenters. The number of carbonyl (C=O) groups excluding carboxylic acids is 1. The number of nitrogens with zero attached hydrogens (tertiary/aromatic N) is 3. The van der Waals surface area contributed by atoms with Gasteiger partial charge in [0.1, 0.15) is 5.82 Å². The summed E-state index contributed by atoms with van der Waals surface area (Å²) in [5, 5.41) is 2.90. The molecule has 0 radical (unpaired) electrons. The van der Waals surface area contributed by atoms with E-state index >= 15 is 0 Å². The van der Waals surface area contributed by atoms with Crippen LogP contribution in [0.2, 0.25) is 0 Å². The van der Waals surface area contributed by atoms with Gasteiger partial charge >= 0.3 is 0 Å². The Morgan fingerprint density at radius 2 is 2.24 bits per heavy atom. The molecular formula is C15H15FN4O. The number of pyridine rings is 1. The van der Waals surface area contributed by atoms with Crippen molar-refractivity contribution in [3.05, 3.63) is 53.6 Å². The number of aromatic nitrogens is 3. The maximum Gasteiger partial charge on any atom is 0.253 e. The first-order chi connectivity index (χ1) is 10.1. The maximum absolute atomic E-state index is 13.1. The van der Waals surface area contributed by atoms with Gasteiger partial charge in [-0.2, -0.15) is 0 Å². The van der Waals surface area contributed by atoms with Gasteiger partial charge in [-0.15, -0.1) is 0 Å². The van der Waals surface area contributed by atoms with E-state index in [1.165, 1.54) is 12.3 Å². The lowest BCUT2D eigenvalue weighted by molar-refractivity contribution is 0.0928. The lowest BCUT2D eigenvalue weighted by atomic mass is 10.1.